The van der Waals surface area contributed by atoms with Crippen LogP contribution in [0.2, 0.25) is 0 Å². The van der Waals surface area contributed by atoms with Gasteiger partial charge in [-0.25, -0.2) is 4.39 Å². The van der Waals surface area contributed by atoms with Crippen LogP contribution in [0.3, 0.4) is 0 Å². The lowest BCUT2D eigenvalue weighted by atomic mass is 9.96. The van der Waals surface area contributed by atoms with Crippen LogP contribution >= 0.6 is 0 Å². The van der Waals surface area contributed by atoms with Crippen molar-refractivity contribution in [3.05, 3.63) is 35.6 Å². The number of amides is 1. The molecule has 1 aliphatic heterocycles. The molecular weight excluding hydrogens is 243 g/mol. The molecule has 1 fully saturated rings. The second kappa shape index (κ2) is 6.66. The van der Waals surface area contributed by atoms with Gasteiger partial charge in [0, 0.05) is 25.2 Å². The van der Waals surface area contributed by atoms with Gasteiger partial charge in [0.15, 0.2) is 0 Å². The molecule has 0 saturated carbocycles. The third-order valence-corrected chi connectivity index (χ3v) is 3.58. The van der Waals surface area contributed by atoms with E-state index in [1.54, 1.807) is 6.07 Å². The molecule has 2 rings (SSSR count). The first-order chi connectivity index (χ1) is 9.20. The number of halogens is 1. The fraction of sp³-hybridized carbons (Fsp3) is 0.533. The zero-order chi connectivity index (χ0) is 13.7. The average molecular weight is 264 g/mol. The van der Waals surface area contributed by atoms with Crippen LogP contribution in [-0.4, -0.2) is 30.4 Å². The molecule has 1 atom stereocenters. The number of benzene rings is 1. The first-order valence-electron chi connectivity index (χ1n) is 6.94. The molecule has 1 unspecified atom stereocenters. The van der Waals surface area contributed by atoms with E-state index in [1.807, 2.05) is 19.1 Å². The highest BCUT2D eigenvalue weighted by Crippen LogP contribution is 2.19. The predicted molar refractivity (Wildman–Crippen MR) is 73.1 cm³/mol. The van der Waals surface area contributed by atoms with Gasteiger partial charge in [-0.2, -0.15) is 0 Å². The minimum Gasteiger partial charge on any atom is -0.356 e. The maximum absolute atomic E-state index is 13.6. The lowest BCUT2D eigenvalue weighted by molar-refractivity contribution is -0.126. The van der Waals surface area contributed by atoms with Crippen molar-refractivity contribution in [3.8, 4) is 0 Å². The van der Waals surface area contributed by atoms with E-state index >= 15 is 0 Å². The van der Waals surface area contributed by atoms with Crippen LogP contribution in [0, 0.1) is 11.7 Å². The number of nitrogens with one attached hydrogen (secondary N) is 1. The van der Waals surface area contributed by atoms with Gasteiger partial charge in [-0.05, 0) is 32.4 Å². The maximum Gasteiger partial charge on any atom is 0.224 e. The summed E-state index contributed by atoms with van der Waals surface area (Å²) in [5.74, 6) is 0.00356. The van der Waals surface area contributed by atoms with E-state index in [1.165, 1.54) is 6.07 Å². The zero-order valence-corrected chi connectivity index (χ0v) is 11.4. The van der Waals surface area contributed by atoms with Crippen LogP contribution in [0.25, 0.3) is 0 Å². The molecule has 19 heavy (non-hydrogen) atoms. The normalized spacial score (nSPS) is 20.2. The number of carbonyl (C=O) groups is 1. The second-order valence-electron chi connectivity index (χ2n) is 5.06. The summed E-state index contributed by atoms with van der Waals surface area (Å²) in [6, 6.07) is 6.85. The van der Waals surface area contributed by atoms with Gasteiger partial charge in [0.1, 0.15) is 5.82 Å². The summed E-state index contributed by atoms with van der Waals surface area (Å²) in [6.45, 7) is 4.84. The van der Waals surface area contributed by atoms with Crippen LogP contribution < -0.4 is 5.32 Å². The van der Waals surface area contributed by atoms with Crippen LogP contribution in [-0.2, 0) is 11.3 Å². The molecule has 0 spiro atoms. The smallest absolute Gasteiger partial charge is 0.224 e. The molecule has 1 saturated heterocycles. The third kappa shape index (κ3) is 3.77. The molecule has 0 aliphatic carbocycles. The Kier molecular flexibility index (Phi) is 4.91. The van der Waals surface area contributed by atoms with E-state index in [2.05, 4.69) is 10.2 Å². The van der Waals surface area contributed by atoms with Crippen molar-refractivity contribution in [1.82, 2.24) is 10.2 Å². The van der Waals surface area contributed by atoms with E-state index in [0.29, 0.717) is 18.7 Å². The monoisotopic (exact) mass is 264 g/mol. The van der Waals surface area contributed by atoms with Crippen molar-refractivity contribution in [1.29, 1.82) is 0 Å². The first kappa shape index (κ1) is 14.0. The van der Waals surface area contributed by atoms with Gasteiger partial charge in [0.2, 0.25) is 5.91 Å². The van der Waals surface area contributed by atoms with Crippen molar-refractivity contribution in [2.75, 3.05) is 19.6 Å². The molecular formula is C15H21FN2O. The highest BCUT2D eigenvalue weighted by Gasteiger charge is 2.25. The third-order valence-electron chi connectivity index (χ3n) is 3.58. The highest BCUT2D eigenvalue weighted by molar-refractivity contribution is 5.78. The predicted octanol–water partition coefficient (Wildman–Crippen LogP) is 2.17. The Hall–Kier alpha value is -1.42. The zero-order valence-electron chi connectivity index (χ0n) is 11.4. The molecule has 0 aromatic heterocycles. The average Bonchev–Trinajstić information content (AvgIpc) is 2.42. The topological polar surface area (TPSA) is 32.3 Å². The number of hydrogen-bond acceptors (Lipinski definition) is 2. The highest BCUT2D eigenvalue weighted by atomic mass is 19.1. The van der Waals surface area contributed by atoms with E-state index in [4.69, 9.17) is 0 Å². The summed E-state index contributed by atoms with van der Waals surface area (Å²) in [5.41, 5.74) is 0.707. The van der Waals surface area contributed by atoms with Gasteiger partial charge in [-0.15, -0.1) is 0 Å². The molecule has 4 heteroatoms. The van der Waals surface area contributed by atoms with E-state index in [0.717, 1.165) is 25.9 Å². The number of piperidine rings is 1. The van der Waals surface area contributed by atoms with E-state index < -0.39 is 0 Å². The molecule has 1 N–H and O–H groups in total. The minimum atomic E-state index is -0.164. The van der Waals surface area contributed by atoms with Crippen molar-refractivity contribution in [3.63, 3.8) is 0 Å². The van der Waals surface area contributed by atoms with Gasteiger partial charge in [-0.3, -0.25) is 9.69 Å². The van der Waals surface area contributed by atoms with Crippen molar-refractivity contribution >= 4 is 5.91 Å². The summed E-state index contributed by atoms with van der Waals surface area (Å²) in [4.78, 5) is 14.0. The van der Waals surface area contributed by atoms with E-state index in [9.17, 15) is 9.18 Å². The Bertz CT molecular complexity index is 436. The van der Waals surface area contributed by atoms with Crippen molar-refractivity contribution in [2.45, 2.75) is 26.3 Å². The molecule has 1 aliphatic rings. The Morgan fingerprint density at radius 1 is 1.47 bits per heavy atom. The standard InChI is InChI=1S/C15H21FN2O/c1-2-17-15(19)13-7-5-9-18(11-13)10-12-6-3-4-8-14(12)16/h3-4,6,8,13H,2,5,7,9-11H2,1H3,(H,17,19). The van der Waals surface area contributed by atoms with Gasteiger partial charge >= 0.3 is 0 Å². The molecule has 0 radical (unpaired) electrons. The van der Waals surface area contributed by atoms with Crippen LogP contribution in [0.5, 0.6) is 0 Å². The Labute approximate surface area is 113 Å². The molecule has 1 amide bonds. The SMILES string of the molecule is CCNC(=O)C1CCCN(Cc2ccccc2F)C1. The summed E-state index contributed by atoms with van der Waals surface area (Å²) in [5, 5.41) is 2.87. The minimum absolute atomic E-state index is 0.0421. The van der Waals surface area contributed by atoms with Gasteiger partial charge in [-0.1, -0.05) is 18.2 Å². The summed E-state index contributed by atoms with van der Waals surface area (Å²) < 4.78 is 13.6. The summed E-state index contributed by atoms with van der Waals surface area (Å²) >= 11 is 0. The van der Waals surface area contributed by atoms with Crippen LogP contribution in [0.1, 0.15) is 25.3 Å². The Balaban J connectivity index is 1.94. The lowest BCUT2D eigenvalue weighted by Gasteiger charge is -2.32. The van der Waals surface area contributed by atoms with Gasteiger partial charge in [0.25, 0.3) is 0 Å². The van der Waals surface area contributed by atoms with Gasteiger partial charge in [0.05, 0.1) is 5.92 Å². The molecule has 104 valence electrons. The maximum atomic E-state index is 13.6. The fourth-order valence-electron chi connectivity index (χ4n) is 2.60. The number of carbonyl (C=O) groups excluding carboxylic acids is 1. The van der Waals surface area contributed by atoms with Gasteiger partial charge < -0.3 is 5.32 Å². The molecule has 1 aromatic rings. The Morgan fingerprint density at radius 3 is 3.00 bits per heavy atom. The first-order valence-corrected chi connectivity index (χ1v) is 6.94. The van der Waals surface area contributed by atoms with Crippen molar-refractivity contribution < 1.29 is 9.18 Å². The van der Waals surface area contributed by atoms with E-state index in [-0.39, 0.29) is 17.6 Å². The lowest BCUT2D eigenvalue weighted by Crippen LogP contribution is -2.42. The molecule has 1 heterocycles. The number of rotatable bonds is 4. The summed E-state index contributed by atoms with van der Waals surface area (Å²) in [7, 11) is 0. The molecule has 3 nitrogen and oxygen atoms in total. The quantitative estimate of drug-likeness (QED) is 0.904. The fourth-order valence-corrected chi connectivity index (χ4v) is 2.60. The number of hydrogen-bond donors (Lipinski definition) is 1. The largest absolute Gasteiger partial charge is 0.356 e. The molecule has 1 aromatic carbocycles. The van der Waals surface area contributed by atoms with Crippen LogP contribution in [0.15, 0.2) is 24.3 Å². The summed E-state index contributed by atoms with van der Waals surface area (Å²) in [6.07, 6.45) is 1.93. The van der Waals surface area contributed by atoms with Crippen LogP contribution in [0.4, 0.5) is 4.39 Å². The Morgan fingerprint density at radius 2 is 2.26 bits per heavy atom. The van der Waals surface area contributed by atoms with Crippen molar-refractivity contribution in [2.24, 2.45) is 5.92 Å². The number of nitrogens with zero attached hydrogens (tertiary/aromatic N) is 1. The molecule has 0 bridgehead atoms. The number of likely N-dealkylation sites (tertiary alicyclic amines) is 1. The second-order valence-corrected chi connectivity index (χ2v) is 5.06.